The lowest BCUT2D eigenvalue weighted by molar-refractivity contribution is -0.139. The lowest BCUT2D eigenvalue weighted by atomic mass is 9.78. The Morgan fingerprint density at radius 2 is 1.83 bits per heavy atom. The molecule has 47 heavy (non-hydrogen) atoms. The molecule has 0 aromatic heterocycles. The molecule has 4 saturated heterocycles. The van der Waals surface area contributed by atoms with Gasteiger partial charge in [0.15, 0.2) is 5.60 Å². The van der Waals surface area contributed by atoms with Crippen LogP contribution < -0.4 is 10.5 Å². The summed E-state index contributed by atoms with van der Waals surface area (Å²) in [5.41, 5.74) is 7.46. The molecule has 4 atom stereocenters. The third-order valence-electron chi connectivity index (χ3n) is 10.7. The van der Waals surface area contributed by atoms with Crippen LogP contribution in [0.1, 0.15) is 31.7 Å². The topological polar surface area (TPSA) is 132 Å². The second kappa shape index (κ2) is 11.4. The van der Waals surface area contributed by atoms with Crippen LogP contribution in [0.25, 0.3) is 0 Å². The standard InChI is InChI=1S/C36H39N7O4/c1-34(13-17-41(18-14-34)27-22-45-23-27)19-25(20-37)33(44)42-16-12-32(38)35(26-7-9-29(10-8-26)46-28-5-3-2-4-6-28)36(42,47-35)43-24-40-30-21-39-15-11-31(30)43/h2-11,15,19,24,27,30,32H,12-14,16-18,21-23,38H2,1H3/t30?,32?,35?,36-/m0/s1. The molecule has 6 aliphatic heterocycles. The number of nitriles is 1. The number of likely N-dealkylation sites (tertiary alicyclic amines) is 2. The zero-order valence-corrected chi connectivity index (χ0v) is 26.5. The van der Waals surface area contributed by atoms with Gasteiger partial charge >= 0.3 is 0 Å². The monoisotopic (exact) mass is 633 g/mol. The van der Waals surface area contributed by atoms with E-state index in [1.165, 1.54) is 0 Å². The number of piperidine rings is 2. The van der Waals surface area contributed by atoms with Crippen molar-refractivity contribution in [2.24, 2.45) is 21.1 Å². The fraction of sp³-hybridized carbons (Fsp3) is 0.444. The van der Waals surface area contributed by atoms with E-state index in [4.69, 9.17) is 24.9 Å². The van der Waals surface area contributed by atoms with Crippen LogP contribution in [-0.2, 0) is 19.9 Å². The number of benzene rings is 2. The van der Waals surface area contributed by atoms with Crippen molar-refractivity contribution in [1.82, 2.24) is 14.7 Å². The molecule has 2 aromatic rings. The molecule has 0 spiro atoms. The van der Waals surface area contributed by atoms with E-state index in [0.717, 1.165) is 56.2 Å². The molecule has 11 nitrogen and oxygen atoms in total. The molecule has 3 unspecified atom stereocenters. The number of nitrogens with zero attached hydrogens (tertiary/aromatic N) is 6. The van der Waals surface area contributed by atoms with Crippen LogP contribution in [-0.4, -0.2) is 96.5 Å². The number of allylic oxidation sites excluding steroid dienone is 2. The van der Waals surface area contributed by atoms with Gasteiger partial charge in [-0.05, 0) is 73.7 Å². The van der Waals surface area contributed by atoms with Crippen LogP contribution in [0.5, 0.6) is 11.5 Å². The summed E-state index contributed by atoms with van der Waals surface area (Å²) in [5.74, 6) is -0.251. The number of fused-ring (bicyclic) bond motifs is 2. The van der Waals surface area contributed by atoms with Crippen molar-refractivity contribution in [3.05, 3.63) is 83.6 Å². The van der Waals surface area contributed by atoms with Crippen molar-refractivity contribution in [3.8, 4) is 17.6 Å². The highest BCUT2D eigenvalue weighted by atomic mass is 16.7. The summed E-state index contributed by atoms with van der Waals surface area (Å²) < 4.78 is 18.3. The Labute approximate surface area is 274 Å². The number of epoxide rings is 1. The summed E-state index contributed by atoms with van der Waals surface area (Å²) in [6.07, 6.45) is 9.56. The zero-order chi connectivity index (χ0) is 32.2. The van der Waals surface area contributed by atoms with E-state index in [1.807, 2.05) is 71.6 Å². The lowest BCUT2D eigenvalue weighted by Crippen LogP contribution is -2.64. The Morgan fingerprint density at radius 3 is 2.53 bits per heavy atom. The first kappa shape index (κ1) is 30.0. The molecule has 6 aliphatic rings. The second-order valence-electron chi connectivity index (χ2n) is 13.5. The first-order chi connectivity index (χ1) is 22.9. The molecule has 11 heteroatoms. The van der Waals surface area contributed by atoms with E-state index in [1.54, 1.807) is 17.5 Å². The molecule has 0 saturated carbocycles. The number of ether oxygens (including phenoxy) is 3. The van der Waals surface area contributed by atoms with Gasteiger partial charge in [-0.1, -0.05) is 43.3 Å². The number of para-hydroxylation sites is 1. The summed E-state index contributed by atoms with van der Waals surface area (Å²) in [6, 6.07) is 19.4. The maximum Gasteiger partial charge on any atom is 0.267 e. The minimum atomic E-state index is -1.30. The van der Waals surface area contributed by atoms with Crippen LogP contribution in [0.15, 0.2) is 88.0 Å². The zero-order valence-electron chi connectivity index (χ0n) is 26.5. The summed E-state index contributed by atoms with van der Waals surface area (Å²) in [5, 5.41) is 10.4. The number of carbonyl (C=O) groups is 1. The van der Waals surface area contributed by atoms with E-state index in [9.17, 15) is 10.1 Å². The number of carbonyl (C=O) groups excluding carboxylic acids is 1. The van der Waals surface area contributed by atoms with Crippen LogP contribution in [0.3, 0.4) is 0 Å². The Hall–Kier alpha value is -4.34. The predicted octanol–water partition coefficient (Wildman–Crippen LogP) is 3.55. The number of dihydropyridines is 1. The summed E-state index contributed by atoms with van der Waals surface area (Å²) in [7, 11) is 0. The highest BCUT2D eigenvalue weighted by molar-refractivity contribution is 5.98. The van der Waals surface area contributed by atoms with E-state index < -0.39 is 17.5 Å². The maximum absolute atomic E-state index is 14.6. The fourth-order valence-corrected chi connectivity index (χ4v) is 7.79. The molecule has 0 radical (unpaired) electrons. The van der Waals surface area contributed by atoms with E-state index >= 15 is 0 Å². The maximum atomic E-state index is 14.6. The number of amides is 1. The molecular formula is C36H39N7O4. The van der Waals surface area contributed by atoms with Crippen molar-refractivity contribution in [2.45, 2.75) is 55.8 Å². The predicted molar refractivity (Wildman–Crippen MR) is 176 cm³/mol. The number of hydrogen-bond donors (Lipinski definition) is 1. The molecule has 2 aromatic carbocycles. The van der Waals surface area contributed by atoms with Gasteiger partial charge in [0, 0.05) is 18.8 Å². The van der Waals surface area contributed by atoms with Gasteiger partial charge in [-0.3, -0.25) is 29.5 Å². The van der Waals surface area contributed by atoms with Crippen LogP contribution in [0.2, 0.25) is 0 Å². The van der Waals surface area contributed by atoms with Crippen molar-refractivity contribution < 1.29 is 19.0 Å². The molecule has 0 aliphatic carbocycles. The minimum Gasteiger partial charge on any atom is -0.457 e. The third-order valence-corrected chi connectivity index (χ3v) is 10.7. The molecule has 2 N–H and O–H groups in total. The normalized spacial score (nSPS) is 31.3. The quantitative estimate of drug-likeness (QED) is 0.278. The summed E-state index contributed by atoms with van der Waals surface area (Å²) >= 11 is 0. The van der Waals surface area contributed by atoms with Gasteiger partial charge in [0.1, 0.15) is 29.2 Å². The minimum absolute atomic E-state index is 0.130. The fourth-order valence-electron chi connectivity index (χ4n) is 7.79. The largest absolute Gasteiger partial charge is 0.457 e. The first-order valence-electron chi connectivity index (χ1n) is 16.5. The van der Waals surface area contributed by atoms with Gasteiger partial charge in [0.2, 0.25) is 0 Å². The number of aliphatic imine (C=N–C) groups is 2. The van der Waals surface area contributed by atoms with Gasteiger partial charge in [-0.2, -0.15) is 5.26 Å². The average molecular weight is 634 g/mol. The average Bonchev–Trinajstić information content (AvgIpc) is 3.61. The molecule has 8 rings (SSSR count). The number of hydrogen-bond acceptors (Lipinski definition) is 10. The SMILES string of the molecule is CC1(C=C(C#N)C(=O)N2CCC(N)C3(c4ccc(Oc5ccccc5)cc4)O[C@]23N2C=NC3CN=CC=C32)CCN(C2COC2)CC1. The van der Waals surface area contributed by atoms with Gasteiger partial charge in [-0.25, -0.2) is 0 Å². The van der Waals surface area contributed by atoms with E-state index in [2.05, 4.69) is 22.9 Å². The smallest absolute Gasteiger partial charge is 0.267 e. The summed E-state index contributed by atoms with van der Waals surface area (Å²) in [6.45, 7) is 6.37. The third kappa shape index (κ3) is 4.81. The highest BCUT2D eigenvalue weighted by Gasteiger charge is 2.83. The Kier molecular flexibility index (Phi) is 7.29. The van der Waals surface area contributed by atoms with Crippen molar-refractivity contribution in [3.63, 3.8) is 0 Å². The number of nitrogens with two attached hydrogens (primary N) is 1. The van der Waals surface area contributed by atoms with Crippen LogP contribution in [0, 0.1) is 16.7 Å². The summed E-state index contributed by atoms with van der Waals surface area (Å²) in [4.78, 5) is 29.9. The van der Waals surface area contributed by atoms with Gasteiger partial charge < -0.3 is 19.9 Å². The van der Waals surface area contributed by atoms with Gasteiger partial charge in [0.05, 0.1) is 37.8 Å². The number of rotatable bonds is 7. The van der Waals surface area contributed by atoms with E-state index in [0.29, 0.717) is 31.3 Å². The Balaban J connectivity index is 1.13. The van der Waals surface area contributed by atoms with Crippen molar-refractivity contribution >= 4 is 18.5 Å². The molecular weight excluding hydrogens is 594 g/mol. The molecule has 0 bridgehead atoms. The molecule has 1 amide bonds. The van der Waals surface area contributed by atoms with Gasteiger partial charge in [0.25, 0.3) is 11.8 Å². The molecule has 6 heterocycles. The highest BCUT2D eigenvalue weighted by Crippen LogP contribution is 2.65. The van der Waals surface area contributed by atoms with Gasteiger partial charge in [-0.15, -0.1) is 0 Å². The van der Waals surface area contributed by atoms with Crippen LogP contribution in [0.4, 0.5) is 0 Å². The van der Waals surface area contributed by atoms with E-state index in [-0.39, 0.29) is 22.9 Å². The Morgan fingerprint density at radius 1 is 1.09 bits per heavy atom. The molecule has 242 valence electrons. The van der Waals surface area contributed by atoms with Crippen molar-refractivity contribution in [1.29, 1.82) is 5.26 Å². The first-order valence-corrected chi connectivity index (χ1v) is 16.5. The second-order valence-corrected chi connectivity index (χ2v) is 13.5. The van der Waals surface area contributed by atoms with Crippen LogP contribution >= 0.6 is 0 Å². The lowest BCUT2D eigenvalue weighted by Gasteiger charge is -2.45. The Bertz CT molecular complexity index is 1700. The van der Waals surface area contributed by atoms with Crippen molar-refractivity contribution in [2.75, 3.05) is 39.4 Å². The molecule has 4 fully saturated rings.